The average Bonchev–Trinajstić information content (AvgIpc) is 3.19. The molecule has 4 heteroatoms. The van der Waals surface area contributed by atoms with Crippen LogP contribution in [0.4, 0.5) is 0 Å². The zero-order valence-corrected chi connectivity index (χ0v) is 13.9. The van der Waals surface area contributed by atoms with Gasteiger partial charge in [0.05, 0.1) is 4.47 Å². The molecule has 1 aromatic rings. The Morgan fingerprint density at radius 1 is 1.20 bits per heavy atom. The number of rotatable bonds is 3. The molecule has 1 unspecified atom stereocenters. The standard InChI is InChI=1S/C16H22BrNO2/c1-9(2)13-11(16(4-5-16)10(3)18)8-12-15(14(13)17)20-7-6-19-12/h8-10H,4-7,18H2,1-3H3. The Kier molecular flexibility index (Phi) is 3.49. The minimum Gasteiger partial charge on any atom is -0.486 e. The Morgan fingerprint density at radius 3 is 2.40 bits per heavy atom. The molecule has 0 amide bonds. The fourth-order valence-electron chi connectivity index (χ4n) is 3.24. The van der Waals surface area contributed by atoms with Crippen LogP contribution in [0.1, 0.15) is 50.7 Å². The Balaban J connectivity index is 2.20. The van der Waals surface area contributed by atoms with Crippen molar-refractivity contribution in [2.75, 3.05) is 13.2 Å². The van der Waals surface area contributed by atoms with Gasteiger partial charge in [-0.05, 0) is 58.8 Å². The van der Waals surface area contributed by atoms with E-state index in [1.807, 2.05) is 0 Å². The molecule has 3 nitrogen and oxygen atoms in total. The van der Waals surface area contributed by atoms with Crippen molar-refractivity contribution in [3.05, 3.63) is 21.7 Å². The summed E-state index contributed by atoms with van der Waals surface area (Å²) in [5, 5.41) is 0. The monoisotopic (exact) mass is 339 g/mol. The van der Waals surface area contributed by atoms with E-state index in [1.165, 1.54) is 11.1 Å². The SMILES string of the molecule is CC(C)c1c(C2(C(C)N)CC2)cc2c(c1Br)OCCO2. The number of fused-ring (bicyclic) bond motifs is 1. The third-order valence-corrected chi connectivity index (χ3v) is 5.37. The highest BCUT2D eigenvalue weighted by atomic mass is 79.9. The van der Waals surface area contributed by atoms with Crippen LogP contribution in [0.2, 0.25) is 0 Å². The first-order valence-electron chi connectivity index (χ1n) is 7.35. The molecule has 1 aliphatic carbocycles. The normalized spacial score (nSPS) is 20.9. The van der Waals surface area contributed by atoms with Crippen molar-refractivity contribution in [1.82, 2.24) is 0 Å². The number of halogens is 1. The molecule has 0 spiro atoms. The van der Waals surface area contributed by atoms with Crippen LogP contribution in [0.5, 0.6) is 11.5 Å². The smallest absolute Gasteiger partial charge is 0.175 e. The van der Waals surface area contributed by atoms with Crippen molar-refractivity contribution in [3.8, 4) is 11.5 Å². The summed E-state index contributed by atoms with van der Waals surface area (Å²) in [4.78, 5) is 0. The van der Waals surface area contributed by atoms with Gasteiger partial charge in [-0.3, -0.25) is 0 Å². The molecular formula is C16H22BrNO2. The topological polar surface area (TPSA) is 44.5 Å². The summed E-state index contributed by atoms with van der Waals surface area (Å²) in [5.74, 6) is 2.13. The van der Waals surface area contributed by atoms with E-state index in [-0.39, 0.29) is 11.5 Å². The second-order valence-electron chi connectivity index (χ2n) is 6.28. The van der Waals surface area contributed by atoms with Crippen molar-refractivity contribution in [1.29, 1.82) is 0 Å². The van der Waals surface area contributed by atoms with Gasteiger partial charge in [-0.15, -0.1) is 0 Å². The Bertz CT molecular complexity index is 536. The first-order valence-corrected chi connectivity index (χ1v) is 8.14. The number of hydrogen-bond donors (Lipinski definition) is 1. The molecule has 0 saturated heterocycles. The summed E-state index contributed by atoms with van der Waals surface area (Å²) < 4.78 is 12.6. The van der Waals surface area contributed by atoms with Crippen LogP contribution in [-0.2, 0) is 5.41 Å². The van der Waals surface area contributed by atoms with Crippen LogP contribution >= 0.6 is 15.9 Å². The summed E-state index contributed by atoms with van der Waals surface area (Å²) in [6.45, 7) is 7.78. The molecule has 0 radical (unpaired) electrons. The number of ether oxygens (including phenoxy) is 2. The lowest BCUT2D eigenvalue weighted by molar-refractivity contribution is 0.169. The van der Waals surface area contributed by atoms with Crippen LogP contribution in [0.15, 0.2) is 10.5 Å². The van der Waals surface area contributed by atoms with Gasteiger partial charge in [0.25, 0.3) is 0 Å². The van der Waals surface area contributed by atoms with Gasteiger partial charge in [0.15, 0.2) is 11.5 Å². The highest BCUT2D eigenvalue weighted by Gasteiger charge is 2.49. The summed E-state index contributed by atoms with van der Waals surface area (Å²) >= 11 is 3.74. The molecule has 1 heterocycles. The second-order valence-corrected chi connectivity index (χ2v) is 7.07. The lowest BCUT2D eigenvalue weighted by Gasteiger charge is -2.30. The van der Waals surface area contributed by atoms with Crippen molar-refractivity contribution < 1.29 is 9.47 Å². The van der Waals surface area contributed by atoms with Gasteiger partial charge >= 0.3 is 0 Å². The number of nitrogens with two attached hydrogens (primary N) is 1. The minimum atomic E-state index is 0.123. The molecular weight excluding hydrogens is 318 g/mol. The molecule has 1 atom stereocenters. The summed E-state index contributed by atoms with van der Waals surface area (Å²) in [6, 6.07) is 2.33. The Hall–Kier alpha value is -0.740. The fraction of sp³-hybridized carbons (Fsp3) is 0.625. The number of hydrogen-bond acceptors (Lipinski definition) is 3. The molecule has 20 heavy (non-hydrogen) atoms. The molecule has 3 rings (SSSR count). The van der Waals surface area contributed by atoms with Crippen molar-refractivity contribution in [2.24, 2.45) is 5.73 Å². The van der Waals surface area contributed by atoms with Crippen molar-refractivity contribution >= 4 is 15.9 Å². The van der Waals surface area contributed by atoms with Gasteiger partial charge in [0.2, 0.25) is 0 Å². The lowest BCUT2D eigenvalue weighted by atomic mass is 9.82. The Morgan fingerprint density at radius 2 is 1.85 bits per heavy atom. The van der Waals surface area contributed by atoms with Crippen LogP contribution < -0.4 is 15.2 Å². The minimum absolute atomic E-state index is 0.123. The van der Waals surface area contributed by atoms with E-state index >= 15 is 0 Å². The van der Waals surface area contributed by atoms with E-state index in [9.17, 15) is 0 Å². The van der Waals surface area contributed by atoms with E-state index in [0.717, 1.165) is 28.8 Å². The largest absolute Gasteiger partial charge is 0.486 e. The quantitative estimate of drug-likeness (QED) is 0.912. The number of benzene rings is 1. The molecule has 1 fully saturated rings. The Labute approximate surface area is 129 Å². The van der Waals surface area contributed by atoms with Crippen LogP contribution in [0, 0.1) is 0 Å². The first kappa shape index (κ1) is 14.2. The van der Waals surface area contributed by atoms with Gasteiger partial charge in [0.1, 0.15) is 13.2 Å². The zero-order chi connectivity index (χ0) is 14.5. The van der Waals surface area contributed by atoms with Crippen molar-refractivity contribution in [2.45, 2.75) is 51.0 Å². The summed E-state index contributed by atoms with van der Waals surface area (Å²) in [6.07, 6.45) is 2.33. The zero-order valence-electron chi connectivity index (χ0n) is 12.3. The first-order chi connectivity index (χ1) is 9.47. The van der Waals surface area contributed by atoms with Gasteiger partial charge in [-0.2, -0.15) is 0 Å². The maximum absolute atomic E-state index is 6.27. The maximum atomic E-state index is 6.27. The molecule has 1 aromatic carbocycles. The van der Waals surface area contributed by atoms with Crippen LogP contribution in [-0.4, -0.2) is 19.3 Å². The van der Waals surface area contributed by atoms with E-state index < -0.39 is 0 Å². The fourth-order valence-corrected chi connectivity index (χ4v) is 4.22. The molecule has 0 bridgehead atoms. The lowest BCUT2D eigenvalue weighted by Crippen LogP contribution is -2.33. The predicted molar refractivity (Wildman–Crippen MR) is 83.8 cm³/mol. The molecule has 1 aliphatic heterocycles. The highest BCUT2D eigenvalue weighted by molar-refractivity contribution is 9.10. The van der Waals surface area contributed by atoms with Crippen LogP contribution in [0.25, 0.3) is 0 Å². The second kappa shape index (κ2) is 4.92. The van der Waals surface area contributed by atoms with Gasteiger partial charge < -0.3 is 15.2 Å². The van der Waals surface area contributed by atoms with Crippen molar-refractivity contribution in [3.63, 3.8) is 0 Å². The van der Waals surface area contributed by atoms with Crippen LogP contribution in [0.3, 0.4) is 0 Å². The molecule has 1 saturated carbocycles. The van der Waals surface area contributed by atoms with Gasteiger partial charge in [-0.25, -0.2) is 0 Å². The molecule has 0 aromatic heterocycles. The molecule has 2 aliphatic rings. The van der Waals surface area contributed by atoms with E-state index in [2.05, 4.69) is 42.8 Å². The van der Waals surface area contributed by atoms with Gasteiger partial charge in [-0.1, -0.05) is 13.8 Å². The van der Waals surface area contributed by atoms with E-state index in [1.54, 1.807) is 0 Å². The van der Waals surface area contributed by atoms with E-state index in [0.29, 0.717) is 19.1 Å². The molecule has 110 valence electrons. The third-order valence-electron chi connectivity index (χ3n) is 4.59. The third kappa shape index (κ3) is 2.04. The maximum Gasteiger partial charge on any atom is 0.175 e. The van der Waals surface area contributed by atoms with Gasteiger partial charge in [0, 0.05) is 11.5 Å². The molecule has 2 N–H and O–H groups in total. The average molecular weight is 340 g/mol. The predicted octanol–water partition coefficient (Wildman–Crippen LogP) is 3.72. The highest BCUT2D eigenvalue weighted by Crippen LogP contribution is 2.56. The summed E-state index contributed by atoms with van der Waals surface area (Å²) in [7, 11) is 0. The summed E-state index contributed by atoms with van der Waals surface area (Å²) in [5.41, 5.74) is 9.06. The van der Waals surface area contributed by atoms with E-state index in [4.69, 9.17) is 15.2 Å².